The Balaban J connectivity index is 1.49. The lowest BCUT2D eigenvalue weighted by atomic mass is 9.61. The number of rotatable bonds is 4. The summed E-state index contributed by atoms with van der Waals surface area (Å²) in [7, 11) is 0. The molecule has 3 aromatic heterocycles. The van der Waals surface area contributed by atoms with Gasteiger partial charge in [0.15, 0.2) is 5.82 Å². The number of carbonyl (C=O) groups is 1. The molecule has 4 aromatic rings. The van der Waals surface area contributed by atoms with Crippen molar-refractivity contribution in [2.45, 2.75) is 31.7 Å². The summed E-state index contributed by atoms with van der Waals surface area (Å²) in [5, 5.41) is 13.7. The zero-order chi connectivity index (χ0) is 22.0. The van der Waals surface area contributed by atoms with Crippen molar-refractivity contribution in [1.29, 1.82) is 0 Å². The molecule has 164 valence electrons. The molecule has 1 unspecified atom stereocenters. The van der Waals surface area contributed by atoms with Crippen LogP contribution in [0.25, 0.3) is 33.2 Å². The number of hydrogen-bond donors (Lipinski definition) is 4. The van der Waals surface area contributed by atoms with E-state index >= 15 is 4.39 Å². The third-order valence-corrected chi connectivity index (χ3v) is 7.25. The van der Waals surface area contributed by atoms with Gasteiger partial charge in [-0.15, -0.1) is 0 Å². The molecule has 3 saturated carbocycles. The highest BCUT2D eigenvalue weighted by Gasteiger charge is 2.47. The number of carboxylic acids is 1. The number of carboxylic acid groups (broad SMARTS) is 1. The van der Waals surface area contributed by atoms with Crippen LogP contribution in [0.1, 0.15) is 25.7 Å². The Morgan fingerprint density at radius 3 is 2.62 bits per heavy atom. The average Bonchev–Trinajstić information content (AvgIpc) is 3.44. The zero-order valence-electron chi connectivity index (χ0n) is 17.0. The second-order valence-electron chi connectivity index (χ2n) is 8.87. The number of pyridine rings is 1. The Kier molecular flexibility index (Phi) is 4.21. The third-order valence-electron chi connectivity index (χ3n) is 7.25. The fourth-order valence-electron chi connectivity index (χ4n) is 5.78. The number of aromatic amines is 2. The van der Waals surface area contributed by atoms with Crippen LogP contribution in [0.4, 0.5) is 14.5 Å². The topological polar surface area (TPSA) is 107 Å². The quantitative estimate of drug-likeness (QED) is 0.371. The molecule has 7 rings (SSSR count). The van der Waals surface area contributed by atoms with Gasteiger partial charge in [-0.1, -0.05) is 0 Å². The molecule has 3 fully saturated rings. The molecule has 9 heteroatoms. The number of halogens is 2. The minimum absolute atomic E-state index is 0.107. The predicted molar refractivity (Wildman–Crippen MR) is 115 cm³/mol. The van der Waals surface area contributed by atoms with Crippen molar-refractivity contribution in [1.82, 2.24) is 19.9 Å². The molecule has 0 saturated heterocycles. The number of anilines is 1. The molecule has 3 heterocycles. The van der Waals surface area contributed by atoms with Crippen molar-refractivity contribution in [3.63, 3.8) is 0 Å². The van der Waals surface area contributed by atoms with Gasteiger partial charge in [0.25, 0.3) is 0 Å². The second kappa shape index (κ2) is 7.01. The Bertz CT molecular complexity index is 1360. The Morgan fingerprint density at radius 1 is 1.06 bits per heavy atom. The van der Waals surface area contributed by atoms with Gasteiger partial charge < -0.3 is 20.4 Å². The zero-order valence-corrected chi connectivity index (χ0v) is 17.0. The lowest BCUT2D eigenvalue weighted by molar-refractivity contribution is -0.148. The molecule has 0 radical (unpaired) electrons. The molecule has 3 aliphatic rings. The molecular formula is C23H21F2N5O2. The van der Waals surface area contributed by atoms with Crippen LogP contribution in [-0.2, 0) is 4.79 Å². The smallest absolute Gasteiger partial charge is 0.308 e. The predicted octanol–water partition coefficient (Wildman–Crippen LogP) is 4.69. The summed E-state index contributed by atoms with van der Waals surface area (Å²) in [5.41, 5.74) is 2.62. The highest BCUT2D eigenvalue weighted by atomic mass is 19.1. The van der Waals surface area contributed by atoms with Crippen molar-refractivity contribution in [3.8, 4) is 11.1 Å². The molecule has 0 spiro atoms. The molecule has 32 heavy (non-hydrogen) atoms. The van der Waals surface area contributed by atoms with Crippen LogP contribution < -0.4 is 5.32 Å². The van der Waals surface area contributed by atoms with Gasteiger partial charge in [0.1, 0.15) is 17.0 Å². The van der Waals surface area contributed by atoms with E-state index < -0.39 is 23.5 Å². The van der Waals surface area contributed by atoms with Gasteiger partial charge in [0.05, 0.1) is 29.6 Å². The summed E-state index contributed by atoms with van der Waals surface area (Å²) in [4.78, 5) is 26.3. The number of imidazole rings is 1. The first-order valence-corrected chi connectivity index (χ1v) is 10.8. The molecule has 1 aromatic carbocycles. The summed E-state index contributed by atoms with van der Waals surface area (Å²) in [6.07, 6.45) is 7.94. The number of hydrogen-bond acceptors (Lipinski definition) is 4. The Labute approximate surface area is 181 Å². The van der Waals surface area contributed by atoms with Crippen LogP contribution in [0.3, 0.4) is 0 Å². The maximum atomic E-state index is 15.5. The van der Waals surface area contributed by atoms with Gasteiger partial charge in [-0.05, 0) is 49.7 Å². The molecule has 0 amide bonds. The van der Waals surface area contributed by atoms with Gasteiger partial charge in [0.2, 0.25) is 0 Å². The monoisotopic (exact) mass is 437 g/mol. The fourth-order valence-corrected chi connectivity index (χ4v) is 5.78. The van der Waals surface area contributed by atoms with E-state index in [-0.39, 0.29) is 29.1 Å². The summed E-state index contributed by atoms with van der Waals surface area (Å²) in [5.74, 6) is -2.06. The van der Waals surface area contributed by atoms with Crippen LogP contribution >= 0.6 is 0 Å². The second-order valence-corrected chi connectivity index (χ2v) is 8.87. The molecule has 4 N–H and O–H groups in total. The van der Waals surface area contributed by atoms with Crippen LogP contribution in [0.2, 0.25) is 0 Å². The summed E-state index contributed by atoms with van der Waals surface area (Å²) in [6.45, 7) is 0. The minimum atomic E-state index is -0.835. The van der Waals surface area contributed by atoms with E-state index in [0.717, 1.165) is 31.9 Å². The average molecular weight is 437 g/mol. The molecule has 3 aliphatic carbocycles. The van der Waals surface area contributed by atoms with Crippen molar-refractivity contribution in [3.05, 3.63) is 42.5 Å². The number of H-pyrrole nitrogens is 2. The van der Waals surface area contributed by atoms with E-state index in [1.54, 1.807) is 12.3 Å². The summed E-state index contributed by atoms with van der Waals surface area (Å²) in [6, 6.07) is 2.68. The number of aromatic nitrogens is 4. The van der Waals surface area contributed by atoms with Crippen LogP contribution in [-0.4, -0.2) is 37.1 Å². The lowest BCUT2D eigenvalue weighted by Crippen LogP contribution is -2.51. The number of nitrogens with zero attached hydrogens (tertiary/aromatic N) is 2. The minimum Gasteiger partial charge on any atom is -0.481 e. The SMILES string of the molecule is O=C(O)[C@@H]1C(Nc2cc(-c3c[nH]c4ncc(F)cc34)c3nc[nH]c3c2F)[C@H]2CC[C@@H]1CC2. The largest absolute Gasteiger partial charge is 0.481 e. The van der Waals surface area contributed by atoms with E-state index in [4.69, 9.17) is 0 Å². The van der Waals surface area contributed by atoms with Crippen molar-refractivity contribution < 1.29 is 18.7 Å². The molecular weight excluding hydrogens is 416 g/mol. The highest BCUT2D eigenvalue weighted by Crippen LogP contribution is 2.47. The van der Waals surface area contributed by atoms with E-state index in [2.05, 4.69) is 25.3 Å². The van der Waals surface area contributed by atoms with Crippen LogP contribution in [0.15, 0.2) is 30.9 Å². The maximum absolute atomic E-state index is 15.5. The summed E-state index contributed by atoms with van der Waals surface area (Å²) < 4.78 is 29.4. The van der Waals surface area contributed by atoms with Gasteiger partial charge in [-0.3, -0.25) is 4.79 Å². The fraction of sp³-hybridized carbons (Fsp3) is 0.348. The molecule has 2 bridgehead atoms. The molecule has 7 nitrogen and oxygen atoms in total. The van der Waals surface area contributed by atoms with Crippen LogP contribution in [0.5, 0.6) is 0 Å². The van der Waals surface area contributed by atoms with Crippen molar-refractivity contribution in [2.24, 2.45) is 17.8 Å². The maximum Gasteiger partial charge on any atom is 0.308 e. The molecule has 0 aliphatic heterocycles. The number of fused-ring (bicyclic) bond motifs is 5. The number of benzene rings is 1. The van der Waals surface area contributed by atoms with Gasteiger partial charge in [0, 0.05) is 28.8 Å². The van der Waals surface area contributed by atoms with E-state index in [1.807, 2.05) is 0 Å². The van der Waals surface area contributed by atoms with Gasteiger partial charge in [-0.25, -0.2) is 18.7 Å². The Morgan fingerprint density at radius 2 is 1.84 bits per heavy atom. The van der Waals surface area contributed by atoms with E-state index in [9.17, 15) is 14.3 Å². The normalized spacial score (nSPS) is 24.9. The first-order valence-electron chi connectivity index (χ1n) is 10.8. The van der Waals surface area contributed by atoms with E-state index in [0.29, 0.717) is 27.7 Å². The first-order chi connectivity index (χ1) is 15.5. The van der Waals surface area contributed by atoms with Gasteiger partial charge >= 0.3 is 5.97 Å². The lowest BCUT2D eigenvalue weighted by Gasteiger charge is -2.47. The summed E-state index contributed by atoms with van der Waals surface area (Å²) >= 11 is 0. The molecule has 2 atom stereocenters. The number of nitrogens with one attached hydrogen (secondary N) is 3. The number of aliphatic carboxylic acids is 1. The first kappa shape index (κ1) is 19.2. The standard InChI is InChI=1S/C23H21F2N5O2/c24-12-5-14-15(8-27-22(14)26-7-12)13-6-16(18(25)21-20(13)28-9-29-21)30-19-11-3-1-10(2-4-11)17(19)23(31)32/h5-11,17,19,30H,1-4H2,(H,26,27)(H,28,29)(H,31,32)/t10-,11+,17-,19?/m0/s1. The van der Waals surface area contributed by atoms with Gasteiger partial charge in [-0.2, -0.15) is 0 Å². The van der Waals surface area contributed by atoms with Crippen LogP contribution in [0, 0.1) is 29.4 Å². The van der Waals surface area contributed by atoms with Crippen molar-refractivity contribution >= 4 is 33.7 Å². The third kappa shape index (κ3) is 2.80. The van der Waals surface area contributed by atoms with E-state index in [1.165, 1.54) is 12.4 Å². The highest BCUT2D eigenvalue weighted by molar-refractivity contribution is 6.03. The van der Waals surface area contributed by atoms with Crippen molar-refractivity contribution in [2.75, 3.05) is 5.32 Å². The Hall–Kier alpha value is -3.49.